The summed E-state index contributed by atoms with van der Waals surface area (Å²) in [7, 11) is -4.20. The van der Waals surface area contributed by atoms with Gasteiger partial charge in [0.05, 0.1) is 18.9 Å². The lowest BCUT2D eigenvalue weighted by Gasteiger charge is -2.28. The lowest BCUT2D eigenvalue weighted by atomic mass is 10.2. The Kier molecular flexibility index (Phi) is 3.51. The van der Waals surface area contributed by atoms with Gasteiger partial charge in [0.15, 0.2) is 0 Å². The number of nitrogens with zero attached hydrogens (tertiary/aromatic N) is 1. The van der Waals surface area contributed by atoms with E-state index in [0.717, 1.165) is 18.8 Å². The van der Waals surface area contributed by atoms with Crippen molar-refractivity contribution in [3.05, 3.63) is 24.3 Å². The molecule has 1 heterocycles. The van der Waals surface area contributed by atoms with Crippen molar-refractivity contribution < 1.29 is 17.7 Å². The standard InChI is InChI=1S/C10H14N2O4S/c13-17(14,15)11-9-1-3-10(4-2-9)12-5-7-16-8-6-12/h1-4,11H,5-8H2,(H,13,14,15). The molecule has 2 rings (SSSR count). The molecule has 0 aromatic heterocycles. The fourth-order valence-electron chi connectivity index (χ4n) is 1.71. The van der Waals surface area contributed by atoms with Crippen LogP contribution in [0.15, 0.2) is 24.3 Å². The van der Waals surface area contributed by atoms with Gasteiger partial charge in [0, 0.05) is 18.8 Å². The van der Waals surface area contributed by atoms with Crippen LogP contribution >= 0.6 is 0 Å². The quantitative estimate of drug-likeness (QED) is 0.782. The first-order valence-corrected chi connectivity index (χ1v) is 6.66. The third-order valence-electron chi connectivity index (χ3n) is 2.49. The zero-order valence-electron chi connectivity index (χ0n) is 9.17. The van der Waals surface area contributed by atoms with E-state index in [2.05, 4.69) is 4.90 Å². The van der Waals surface area contributed by atoms with E-state index >= 15 is 0 Å². The summed E-state index contributed by atoms with van der Waals surface area (Å²) in [4.78, 5) is 2.15. The van der Waals surface area contributed by atoms with Gasteiger partial charge in [0.2, 0.25) is 0 Å². The summed E-state index contributed by atoms with van der Waals surface area (Å²) in [5.41, 5.74) is 1.35. The summed E-state index contributed by atoms with van der Waals surface area (Å²) in [5.74, 6) is 0. The fraction of sp³-hybridized carbons (Fsp3) is 0.400. The lowest BCUT2D eigenvalue weighted by molar-refractivity contribution is 0.122. The minimum atomic E-state index is -4.20. The Bertz CT molecular complexity index is 466. The number of ether oxygens (including phenoxy) is 1. The molecule has 0 radical (unpaired) electrons. The molecule has 94 valence electrons. The smallest absolute Gasteiger partial charge is 0.357 e. The predicted molar refractivity (Wildman–Crippen MR) is 64.6 cm³/mol. The van der Waals surface area contributed by atoms with E-state index in [-0.39, 0.29) is 0 Å². The molecule has 1 aliphatic rings. The van der Waals surface area contributed by atoms with E-state index in [0.29, 0.717) is 18.9 Å². The number of nitrogens with one attached hydrogen (secondary N) is 1. The number of rotatable bonds is 3. The van der Waals surface area contributed by atoms with Gasteiger partial charge in [-0.15, -0.1) is 0 Å². The molecule has 0 aliphatic carbocycles. The Morgan fingerprint density at radius 1 is 1.18 bits per heavy atom. The third-order valence-corrected chi connectivity index (χ3v) is 2.98. The van der Waals surface area contributed by atoms with E-state index in [4.69, 9.17) is 9.29 Å². The number of morpholine rings is 1. The van der Waals surface area contributed by atoms with Gasteiger partial charge in [-0.05, 0) is 24.3 Å². The molecule has 0 atom stereocenters. The van der Waals surface area contributed by atoms with Crippen molar-refractivity contribution in [1.29, 1.82) is 0 Å². The van der Waals surface area contributed by atoms with Crippen LogP contribution in [0.2, 0.25) is 0 Å². The summed E-state index contributed by atoms with van der Waals surface area (Å²) in [6.07, 6.45) is 0. The highest BCUT2D eigenvalue weighted by Crippen LogP contribution is 2.19. The minimum absolute atomic E-state index is 0.338. The molecule has 1 saturated heterocycles. The van der Waals surface area contributed by atoms with Crippen molar-refractivity contribution >= 4 is 21.7 Å². The molecule has 0 unspecified atom stereocenters. The van der Waals surface area contributed by atoms with Gasteiger partial charge in [-0.2, -0.15) is 8.42 Å². The van der Waals surface area contributed by atoms with Crippen LogP contribution in [0.25, 0.3) is 0 Å². The highest BCUT2D eigenvalue weighted by Gasteiger charge is 2.11. The molecule has 7 heteroatoms. The van der Waals surface area contributed by atoms with Gasteiger partial charge in [0.1, 0.15) is 0 Å². The van der Waals surface area contributed by atoms with Crippen LogP contribution in [-0.4, -0.2) is 39.3 Å². The van der Waals surface area contributed by atoms with Crippen molar-refractivity contribution in [3.63, 3.8) is 0 Å². The summed E-state index contributed by atoms with van der Waals surface area (Å²) in [6.45, 7) is 3.05. The minimum Gasteiger partial charge on any atom is -0.378 e. The summed E-state index contributed by atoms with van der Waals surface area (Å²) in [6, 6.07) is 6.83. The Morgan fingerprint density at radius 2 is 1.76 bits per heavy atom. The average Bonchev–Trinajstić information content (AvgIpc) is 2.29. The first-order chi connectivity index (χ1) is 8.04. The van der Waals surface area contributed by atoms with Crippen LogP contribution < -0.4 is 9.62 Å². The van der Waals surface area contributed by atoms with Crippen LogP contribution in [0.4, 0.5) is 11.4 Å². The Morgan fingerprint density at radius 3 is 2.29 bits per heavy atom. The fourth-order valence-corrected chi connectivity index (χ4v) is 2.14. The lowest BCUT2D eigenvalue weighted by Crippen LogP contribution is -2.36. The maximum Gasteiger partial charge on any atom is 0.357 e. The monoisotopic (exact) mass is 258 g/mol. The van der Waals surface area contributed by atoms with Gasteiger partial charge in [0.25, 0.3) is 0 Å². The zero-order chi connectivity index (χ0) is 12.3. The van der Waals surface area contributed by atoms with Crippen molar-refractivity contribution in [2.75, 3.05) is 35.9 Å². The number of anilines is 2. The van der Waals surface area contributed by atoms with E-state index in [1.807, 2.05) is 4.72 Å². The number of hydrogen-bond acceptors (Lipinski definition) is 4. The van der Waals surface area contributed by atoms with E-state index in [1.54, 1.807) is 24.3 Å². The molecule has 17 heavy (non-hydrogen) atoms. The van der Waals surface area contributed by atoms with Crippen LogP contribution in [0.5, 0.6) is 0 Å². The molecule has 6 nitrogen and oxygen atoms in total. The molecule has 2 N–H and O–H groups in total. The van der Waals surface area contributed by atoms with E-state index in [9.17, 15) is 8.42 Å². The van der Waals surface area contributed by atoms with Gasteiger partial charge in [-0.25, -0.2) is 0 Å². The van der Waals surface area contributed by atoms with Crippen LogP contribution in [0.3, 0.4) is 0 Å². The van der Waals surface area contributed by atoms with E-state index < -0.39 is 10.3 Å². The topological polar surface area (TPSA) is 78.9 Å². The van der Waals surface area contributed by atoms with E-state index in [1.165, 1.54) is 0 Å². The van der Waals surface area contributed by atoms with Crippen molar-refractivity contribution in [2.24, 2.45) is 0 Å². The number of benzene rings is 1. The molecule has 1 aliphatic heterocycles. The molecule has 1 aromatic carbocycles. The molecule has 0 saturated carbocycles. The second-order valence-electron chi connectivity index (χ2n) is 3.72. The first-order valence-electron chi connectivity index (χ1n) is 5.22. The van der Waals surface area contributed by atoms with Gasteiger partial charge < -0.3 is 9.64 Å². The van der Waals surface area contributed by atoms with Crippen molar-refractivity contribution in [1.82, 2.24) is 0 Å². The Balaban J connectivity index is 2.07. The van der Waals surface area contributed by atoms with Crippen LogP contribution in [0, 0.1) is 0 Å². The number of hydrogen-bond donors (Lipinski definition) is 2. The van der Waals surface area contributed by atoms with Gasteiger partial charge >= 0.3 is 10.3 Å². The molecule has 0 spiro atoms. The zero-order valence-corrected chi connectivity index (χ0v) is 9.98. The molecular weight excluding hydrogens is 244 g/mol. The second-order valence-corrected chi connectivity index (χ2v) is 4.88. The Hall–Kier alpha value is -1.31. The average molecular weight is 258 g/mol. The molecule has 0 amide bonds. The second kappa shape index (κ2) is 4.91. The maximum absolute atomic E-state index is 10.6. The summed E-state index contributed by atoms with van der Waals surface area (Å²) < 4.78 is 37.1. The maximum atomic E-state index is 10.6. The van der Waals surface area contributed by atoms with Crippen LogP contribution in [0.1, 0.15) is 0 Å². The van der Waals surface area contributed by atoms with Gasteiger partial charge in [-0.1, -0.05) is 0 Å². The van der Waals surface area contributed by atoms with Crippen molar-refractivity contribution in [2.45, 2.75) is 0 Å². The highest BCUT2D eigenvalue weighted by molar-refractivity contribution is 7.87. The molecule has 1 fully saturated rings. The third kappa shape index (κ3) is 3.58. The SMILES string of the molecule is O=S(=O)(O)Nc1ccc(N2CCOCC2)cc1. The molecule has 1 aromatic rings. The van der Waals surface area contributed by atoms with Gasteiger partial charge in [-0.3, -0.25) is 9.27 Å². The van der Waals surface area contributed by atoms with Crippen molar-refractivity contribution in [3.8, 4) is 0 Å². The summed E-state index contributed by atoms with van der Waals surface area (Å²) >= 11 is 0. The largest absolute Gasteiger partial charge is 0.378 e. The molecule has 0 bridgehead atoms. The predicted octanol–water partition coefficient (Wildman–Crippen LogP) is 0.738. The molecular formula is C10H14N2O4S. The van der Waals surface area contributed by atoms with Crippen LogP contribution in [-0.2, 0) is 15.0 Å². The normalized spacial score (nSPS) is 16.9. The first kappa shape index (κ1) is 12.2. The summed E-state index contributed by atoms with van der Waals surface area (Å²) in [5, 5.41) is 0. The Labute approximate surface area is 100 Å². The highest BCUT2D eigenvalue weighted by atomic mass is 32.2.